The van der Waals surface area contributed by atoms with Crippen LogP contribution in [0.1, 0.15) is 24.3 Å². The third kappa shape index (κ3) is 4.09. The van der Waals surface area contributed by atoms with E-state index in [2.05, 4.69) is 15.5 Å². The predicted octanol–water partition coefficient (Wildman–Crippen LogP) is 3.16. The monoisotopic (exact) mass is 380 g/mol. The molecular formula is C21H21FN4O2. The molecule has 7 heteroatoms. The summed E-state index contributed by atoms with van der Waals surface area (Å²) in [6, 6.07) is 15.9. The molecular weight excluding hydrogens is 359 g/mol. The fourth-order valence-corrected chi connectivity index (χ4v) is 3.46. The molecule has 0 radical (unpaired) electrons. The van der Waals surface area contributed by atoms with Crippen LogP contribution in [-0.2, 0) is 17.9 Å². The second kappa shape index (κ2) is 8.31. The zero-order valence-electron chi connectivity index (χ0n) is 15.3. The number of hydrogen-bond acceptors (Lipinski definition) is 5. The number of amides is 1. The summed E-state index contributed by atoms with van der Waals surface area (Å²) >= 11 is 0. The Morgan fingerprint density at radius 1 is 1.14 bits per heavy atom. The standard InChI is InChI=1S/C21H21FN4O2/c22-17-10-5-4-9-16(17)14-26-12-6-11-18(26)20(27)23-13-19-24-25-21(28-19)15-7-2-1-3-8-15/h1-5,7-10,18H,6,11-14H2,(H,23,27). The van der Waals surface area contributed by atoms with E-state index in [1.165, 1.54) is 6.07 Å². The zero-order chi connectivity index (χ0) is 19.3. The van der Waals surface area contributed by atoms with Gasteiger partial charge in [-0.05, 0) is 37.6 Å². The number of halogens is 1. The molecule has 1 N–H and O–H groups in total. The van der Waals surface area contributed by atoms with Gasteiger partial charge >= 0.3 is 0 Å². The van der Waals surface area contributed by atoms with Crippen LogP contribution in [0.2, 0.25) is 0 Å². The number of nitrogens with zero attached hydrogens (tertiary/aromatic N) is 3. The van der Waals surface area contributed by atoms with E-state index in [4.69, 9.17) is 4.42 Å². The molecule has 1 aliphatic heterocycles. The van der Waals surface area contributed by atoms with Crippen LogP contribution in [0.3, 0.4) is 0 Å². The van der Waals surface area contributed by atoms with Gasteiger partial charge in [-0.25, -0.2) is 4.39 Å². The molecule has 2 aromatic carbocycles. The third-order valence-corrected chi connectivity index (χ3v) is 4.90. The summed E-state index contributed by atoms with van der Waals surface area (Å²) in [7, 11) is 0. The minimum atomic E-state index is -0.281. The van der Waals surface area contributed by atoms with Crippen LogP contribution in [-0.4, -0.2) is 33.6 Å². The molecule has 1 fully saturated rings. The Hall–Kier alpha value is -3.06. The van der Waals surface area contributed by atoms with E-state index < -0.39 is 0 Å². The van der Waals surface area contributed by atoms with Crippen molar-refractivity contribution in [1.82, 2.24) is 20.4 Å². The van der Waals surface area contributed by atoms with Gasteiger partial charge in [-0.3, -0.25) is 9.69 Å². The maximum atomic E-state index is 13.9. The lowest BCUT2D eigenvalue weighted by Gasteiger charge is -2.23. The summed E-state index contributed by atoms with van der Waals surface area (Å²) in [5.74, 6) is 0.430. The summed E-state index contributed by atoms with van der Waals surface area (Å²) in [6.07, 6.45) is 1.66. The average molecular weight is 380 g/mol. The zero-order valence-corrected chi connectivity index (χ0v) is 15.3. The molecule has 0 aliphatic carbocycles. The number of hydrogen-bond donors (Lipinski definition) is 1. The van der Waals surface area contributed by atoms with Gasteiger partial charge in [0.2, 0.25) is 17.7 Å². The number of carbonyl (C=O) groups excluding carboxylic acids is 1. The number of aromatic nitrogens is 2. The number of nitrogens with one attached hydrogen (secondary N) is 1. The van der Waals surface area contributed by atoms with Crippen molar-refractivity contribution >= 4 is 5.91 Å². The molecule has 1 unspecified atom stereocenters. The average Bonchev–Trinajstić information content (AvgIpc) is 3.38. The highest BCUT2D eigenvalue weighted by Crippen LogP contribution is 2.22. The SMILES string of the molecule is O=C(NCc1nnc(-c2ccccc2)o1)C1CCCN1Cc1ccccc1F. The van der Waals surface area contributed by atoms with E-state index >= 15 is 0 Å². The molecule has 144 valence electrons. The van der Waals surface area contributed by atoms with Crippen LogP contribution in [0.4, 0.5) is 4.39 Å². The van der Waals surface area contributed by atoms with Crippen LogP contribution < -0.4 is 5.32 Å². The van der Waals surface area contributed by atoms with E-state index in [0.717, 1.165) is 24.9 Å². The number of likely N-dealkylation sites (tertiary alicyclic amines) is 1. The first-order valence-electron chi connectivity index (χ1n) is 9.33. The first-order valence-corrected chi connectivity index (χ1v) is 9.33. The second-order valence-corrected chi connectivity index (χ2v) is 6.80. The van der Waals surface area contributed by atoms with Crippen molar-refractivity contribution in [1.29, 1.82) is 0 Å². The predicted molar refractivity (Wildman–Crippen MR) is 101 cm³/mol. The fraction of sp³-hybridized carbons (Fsp3) is 0.286. The van der Waals surface area contributed by atoms with Crippen LogP contribution in [0, 0.1) is 5.82 Å². The van der Waals surface area contributed by atoms with Crippen LogP contribution in [0.5, 0.6) is 0 Å². The van der Waals surface area contributed by atoms with Crippen molar-refractivity contribution in [3.8, 4) is 11.5 Å². The molecule has 0 spiro atoms. The topological polar surface area (TPSA) is 71.3 Å². The Morgan fingerprint density at radius 3 is 2.75 bits per heavy atom. The summed E-state index contributed by atoms with van der Waals surface area (Å²) < 4.78 is 19.5. The van der Waals surface area contributed by atoms with Gasteiger partial charge in [0.15, 0.2) is 0 Å². The number of benzene rings is 2. The van der Waals surface area contributed by atoms with Crippen LogP contribution in [0.15, 0.2) is 59.0 Å². The maximum Gasteiger partial charge on any atom is 0.247 e. The van der Waals surface area contributed by atoms with Gasteiger partial charge in [-0.15, -0.1) is 10.2 Å². The van der Waals surface area contributed by atoms with Crippen molar-refractivity contribution in [3.63, 3.8) is 0 Å². The first kappa shape index (κ1) is 18.3. The first-order chi connectivity index (χ1) is 13.7. The summed E-state index contributed by atoms with van der Waals surface area (Å²) in [5, 5.41) is 10.9. The quantitative estimate of drug-likeness (QED) is 0.711. The van der Waals surface area contributed by atoms with Gasteiger partial charge in [0.05, 0.1) is 12.6 Å². The van der Waals surface area contributed by atoms with Gasteiger partial charge in [0.1, 0.15) is 5.82 Å². The Balaban J connectivity index is 1.36. The van der Waals surface area contributed by atoms with E-state index in [0.29, 0.717) is 23.9 Å². The Labute approximate surface area is 162 Å². The lowest BCUT2D eigenvalue weighted by Crippen LogP contribution is -2.42. The van der Waals surface area contributed by atoms with Gasteiger partial charge in [-0.1, -0.05) is 36.4 Å². The molecule has 1 saturated heterocycles. The Bertz CT molecular complexity index is 944. The Kier molecular flexibility index (Phi) is 5.43. The fourth-order valence-electron chi connectivity index (χ4n) is 3.46. The molecule has 0 bridgehead atoms. The summed E-state index contributed by atoms with van der Waals surface area (Å²) in [5.41, 5.74) is 1.44. The van der Waals surface area contributed by atoms with Crippen molar-refractivity contribution in [2.24, 2.45) is 0 Å². The molecule has 28 heavy (non-hydrogen) atoms. The molecule has 2 heterocycles. The summed E-state index contributed by atoms with van der Waals surface area (Å²) in [6.45, 7) is 1.36. The number of carbonyl (C=O) groups is 1. The molecule has 1 amide bonds. The minimum Gasteiger partial charge on any atom is -0.419 e. The van der Waals surface area contributed by atoms with Crippen molar-refractivity contribution < 1.29 is 13.6 Å². The largest absolute Gasteiger partial charge is 0.419 e. The van der Waals surface area contributed by atoms with E-state index in [1.807, 2.05) is 41.3 Å². The molecule has 6 nitrogen and oxygen atoms in total. The Morgan fingerprint density at radius 2 is 1.93 bits per heavy atom. The van der Waals surface area contributed by atoms with Crippen LogP contribution in [0.25, 0.3) is 11.5 Å². The molecule has 0 saturated carbocycles. The third-order valence-electron chi connectivity index (χ3n) is 4.90. The van der Waals surface area contributed by atoms with Crippen molar-refractivity contribution in [2.45, 2.75) is 32.0 Å². The summed E-state index contributed by atoms with van der Waals surface area (Å²) in [4.78, 5) is 14.7. The lowest BCUT2D eigenvalue weighted by molar-refractivity contribution is -0.125. The van der Waals surface area contributed by atoms with E-state index in [-0.39, 0.29) is 24.3 Å². The highest BCUT2D eigenvalue weighted by atomic mass is 19.1. The molecule has 1 aromatic heterocycles. The minimum absolute atomic E-state index is 0.103. The normalized spacial score (nSPS) is 17.0. The molecule has 4 rings (SSSR count). The van der Waals surface area contributed by atoms with Crippen molar-refractivity contribution in [2.75, 3.05) is 6.54 Å². The van der Waals surface area contributed by atoms with Gasteiger partial charge < -0.3 is 9.73 Å². The smallest absolute Gasteiger partial charge is 0.247 e. The molecule has 1 atom stereocenters. The molecule has 3 aromatic rings. The van der Waals surface area contributed by atoms with E-state index in [9.17, 15) is 9.18 Å². The van der Waals surface area contributed by atoms with Gasteiger partial charge in [0.25, 0.3) is 0 Å². The maximum absolute atomic E-state index is 13.9. The molecule has 1 aliphatic rings. The highest BCUT2D eigenvalue weighted by molar-refractivity contribution is 5.81. The second-order valence-electron chi connectivity index (χ2n) is 6.80. The lowest BCUT2D eigenvalue weighted by atomic mass is 10.1. The van der Waals surface area contributed by atoms with Crippen LogP contribution >= 0.6 is 0 Å². The number of rotatable bonds is 6. The van der Waals surface area contributed by atoms with Gasteiger partial charge in [-0.2, -0.15) is 0 Å². The highest BCUT2D eigenvalue weighted by Gasteiger charge is 2.31. The van der Waals surface area contributed by atoms with Gasteiger partial charge in [0, 0.05) is 17.7 Å². The van der Waals surface area contributed by atoms with E-state index in [1.54, 1.807) is 12.1 Å². The van der Waals surface area contributed by atoms with Crippen molar-refractivity contribution in [3.05, 3.63) is 71.9 Å².